The molecule has 1 aromatic carbocycles. The fourth-order valence-corrected chi connectivity index (χ4v) is 1.81. The van der Waals surface area contributed by atoms with E-state index in [0.29, 0.717) is 13.1 Å². The lowest BCUT2D eigenvalue weighted by molar-refractivity contribution is -0.134. The number of carbonyl (C=O) groups excluding carboxylic acids is 2. The molecule has 1 fully saturated rings. The molecule has 1 aromatic rings. The molecular weight excluding hydrogens is 251 g/mol. The van der Waals surface area contributed by atoms with Gasteiger partial charge in [-0.2, -0.15) is 0 Å². The fourth-order valence-electron chi connectivity index (χ4n) is 1.81. The van der Waals surface area contributed by atoms with Crippen molar-refractivity contribution in [2.45, 2.75) is 0 Å². The number of ether oxygens (including phenoxy) is 1. The molecule has 1 saturated heterocycles. The number of para-hydroxylation sites is 1. The largest absolute Gasteiger partial charge is 0.466 e. The van der Waals surface area contributed by atoms with Crippen molar-refractivity contribution in [3.63, 3.8) is 0 Å². The standard InChI is InChI=1S/C13H13FN2O3/c1-19-12(17)6-7-15-8-9-16(13(15)18)11-5-3-2-4-10(11)14/h2-7H,8-9H2,1H3. The van der Waals surface area contributed by atoms with Crippen molar-refractivity contribution in [3.8, 4) is 0 Å². The van der Waals surface area contributed by atoms with Gasteiger partial charge < -0.3 is 4.74 Å². The van der Waals surface area contributed by atoms with Gasteiger partial charge in [-0.1, -0.05) is 12.1 Å². The molecule has 5 nitrogen and oxygen atoms in total. The molecule has 1 aliphatic rings. The SMILES string of the molecule is COC(=O)C=CN1CCN(c2ccccc2F)C1=O. The van der Waals surface area contributed by atoms with Gasteiger partial charge in [-0.15, -0.1) is 0 Å². The maximum atomic E-state index is 13.6. The normalized spacial score (nSPS) is 15.4. The molecule has 19 heavy (non-hydrogen) atoms. The van der Waals surface area contributed by atoms with E-state index in [9.17, 15) is 14.0 Å². The maximum Gasteiger partial charge on any atom is 0.331 e. The van der Waals surface area contributed by atoms with Gasteiger partial charge in [0.1, 0.15) is 5.82 Å². The monoisotopic (exact) mass is 264 g/mol. The second kappa shape index (κ2) is 5.51. The highest BCUT2D eigenvalue weighted by atomic mass is 19.1. The number of halogens is 1. The van der Waals surface area contributed by atoms with E-state index in [-0.39, 0.29) is 11.7 Å². The zero-order chi connectivity index (χ0) is 13.8. The van der Waals surface area contributed by atoms with Crippen molar-refractivity contribution in [1.29, 1.82) is 0 Å². The van der Waals surface area contributed by atoms with Crippen molar-refractivity contribution in [1.82, 2.24) is 4.90 Å². The van der Waals surface area contributed by atoms with Gasteiger partial charge in [0.05, 0.1) is 12.8 Å². The Hall–Kier alpha value is -2.37. The minimum Gasteiger partial charge on any atom is -0.466 e. The summed E-state index contributed by atoms with van der Waals surface area (Å²) in [5, 5.41) is 0. The summed E-state index contributed by atoms with van der Waals surface area (Å²) in [6.07, 6.45) is 2.50. The molecular formula is C13H13FN2O3. The van der Waals surface area contributed by atoms with Crippen LogP contribution in [0.1, 0.15) is 0 Å². The summed E-state index contributed by atoms with van der Waals surface area (Å²) in [5.41, 5.74) is 0.237. The Kier molecular flexibility index (Phi) is 3.79. The predicted molar refractivity (Wildman–Crippen MR) is 67.0 cm³/mol. The van der Waals surface area contributed by atoms with Crippen molar-refractivity contribution >= 4 is 17.7 Å². The van der Waals surface area contributed by atoms with Crippen LogP contribution >= 0.6 is 0 Å². The van der Waals surface area contributed by atoms with Crippen molar-refractivity contribution in [2.75, 3.05) is 25.1 Å². The van der Waals surface area contributed by atoms with E-state index in [2.05, 4.69) is 4.74 Å². The van der Waals surface area contributed by atoms with Gasteiger partial charge in [0.15, 0.2) is 0 Å². The summed E-state index contributed by atoms with van der Waals surface area (Å²) >= 11 is 0. The van der Waals surface area contributed by atoms with E-state index in [1.807, 2.05) is 0 Å². The number of rotatable bonds is 3. The molecule has 6 heteroatoms. The highest BCUT2D eigenvalue weighted by Gasteiger charge is 2.29. The molecule has 0 atom stereocenters. The van der Waals surface area contributed by atoms with Crippen LogP contribution < -0.4 is 4.90 Å². The number of nitrogens with zero attached hydrogens (tertiary/aromatic N) is 2. The number of urea groups is 1. The molecule has 0 N–H and O–H groups in total. The first-order chi connectivity index (χ1) is 9.13. The van der Waals surface area contributed by atoms with E-state index >= 15 is 0 Å². The van der Waals surface area contributed by atoms with Gasteiger partial charge in [-0.25, -0.2) is 14.0 Å². The Morgan fingerprint density at radius 1 is 1.37 bits per heavy atom. The molecule has 1 heterocycles. The van der Waals surface area contributed by atoms with Gasteiger partial charge in [-0.3, -0.25) is 9.80 Å². The number of amides is 2. The number of hydrogen-bond acceptors (Lipinski definition) is 3. The second-order valence-electron chi connectivity index (χ2n) is 3.92. The zero-order valence-electron chi connectivity index (χ0n) is 10.4. The van der Waals surface area contributed by atoms with E-state index < -0.39 is 11.8 Å². The highest BCUT2D eigenvalue weighted by Crippen LogP contribution is 2.23. The van der Waals surface area contributed by atoms with Crippen molar-refractivity contribution in [3.05, 3.63) is 42.4 Å². The maximum absolute atomic E-state index is 13.6. The second-order valence-corrected chi connectivity index (χ2v) is 3.92. The molecule has 0 spiro atoms. The molecule has 0 radical (unpaired) electrons. The first-order valence-corrected chi connectivity index (χ1v) is 5.72. The molecule has 0 aliphatic carbocycles. The lowest BCUT2D eigenvalue weighted by atomic mass is 10.3. The molecule has 2 amide bonds. The molecule has 0 bridgehead atoms. The van der Waals surface area contributed by atoms with Crippen molar-refractivity contribution in [2.24, 2.45) is 0 Å². The third-order valence-electron chi connectivity index (χ3n) is 2.78. The van der Waals surface area contributed by atoms with Crippen LogP contribution in [0.4, 0.5) is 14.9 Å². The van der Waals surface area contributed by atoms with Crippen LogP contribution in [0.15, 0.2) is 36.5 Å². The van der Waals surface area contributed by atoms with E-state index in [0.717, 1.165) is 6.08 Å². The lowest BCUT2D eigenvalue weighted by Gasteiger charge is -2.16. The third-order valence-corrected chi connectivity index (χ3v) is 2.78. The van der Waals surface area contributed by atoms with Crippen LogP contribution in [0.5, 0.6) is 0 Å². The Morgan fingerprint density at radius 2 is 2.11 bits per heavy atom. The summed E-state index contributed by atoms with van der Waals surface area (Å²) in [6.45, 7) is 0.756. The summed E-state index contributed by atoms with van der Waals surface area (Å²) in [6, 6.07) is 5.70. The molecule has 0 saturated carbocycles. The minimum absolute atomic E-state index is 0.237. The molecule has 1 aliphatic heterocycles. The number of esters is 1. The van der Waals surface area contributed by atoms with Crippen LogP contribution in [0.2, 0.25) is 0 Å². The number of anilines is 1. The van der Waals surface area contributed by atoms with Crippen LogP contribution in [0, 0.1) is 5.82 Å². The van der Waals surface area contributed by atoms with Crippen LogP contribution in [0.25, 0.3) is 0 Å². The molecule has 100 valence electrons. The quantitative estimate of drug-likeness (QED) is 0.617. The third kappa shape index (κ3) is 2.73. The van der Waals surface area contributed by atoms with Gasteiger partial charge in [0.25, 0.3) is 0 Å². The Balaban J connectivity index is 2.12. The van der Waals surface area contributed by atoms with E-state index in [1.165, 1.54) is 29.2 Å². The van der Waals surface area contributed by atoms with Gasteiger partial charge in [0, 0.05) is 25.4 Å². The smallest absolute Gasteiger partial charge is 0.331 e. The topological polar surface area (TPSA) is 49.9 Å². The van der Waals surface area contributed by atoms with Crippen LogP contribution in [-0.4, -0.2) is 37.1 Å². The molecule has 2 rings (SSSR count). The Labute approximate surface area is 109 Å². The van der Waals surface area contributed by atoms with Gasteiger partial charge >= 0.3 is 12.0 Å². The lowest BCUT2D eigenvalue weighted by Crippen LogP contribution is -2.29. The fraction of sp³-hybridized carbons (Fsp3) is 0.231. The first-order valence-electron chi connectivity index (χ1n) is 5.72. The highest BCUT2D eigenvalue weighted by molar-refractivity contribution is 5.95. The van der Waals surface area contributed by atoms with Gasteiger partial charge in [0.2, 0.25) is 0 Å². The van der Waals surface area contributed by atoms with Crippen LogP contribution in [0.3, 0.4) is 0 Å². The van der Waals surface area contributed by atoms with Crippen LogP contribution in [-0.2, 0) is 9.53 Å². The summed E-state index contributed by atoms with van der Waals surface area (Å²) < 4.78 is 18.0. The van der Waals surface area contributed by atoms with E-state index in [1.54, 1.807) is 18.2 Å². The molecule has 0 aromatic heterocycles. The number of benzene rings is 1. The summed E-state index contributed by atoms with van der Waals surface area (Å²) in [7, 11) is 1.25. The first kappa shape index (κ1) is 13.1. The van der Waals surface area contributed by atoms with Gasteiger partial charge in [-0.05, 0) is 12.1 Å². The Morgan fingerprint density at radius 3 is 2.79 bits per heavy atom. The number of methoxy groups -OCH3 is 1. The molecule has 0 unspecified atom stereocenters. The van der Waals surface area contributed by atoms with Crippen molar-refractivity contribution < 1.29 is 18.7 Å². The Bertz CT molecular complexity index is 530. The van der Waals surface area contributed by atoms with E-state index in [4.69, 9.17) is 0 Å². The average Bonchev–Trinajstić information content (AvgIpc) is 2.78. The predicted octanol–water partition coefficient (Wildman–Crippen LogP) is 1.75. The number of hydrogen-bond donors (Lipinski definition) is 0. The zero-order valence-corrected chi connectivity index (χ0v) is 10.4. The minimum atomic E-state index is -0.544. The summed E-state index contributed by atoms with van der Waals surface area (Å²) in [4.78, 5) is 25.7. The summed E-state index contributed by atoms with van der Waals surface area (Å²) in [5.74, 6) is -0.994. The average molecular weight is 264 g/mol. The number of carbonyl (C=O) groups is 2.